The predicted octanol–water partition coefficient (Wildman–Crippen LogP) is 3.54. The number of nitrogens with zero attached hydrogens (tertiary/aromatic N) is 3. The first-order valence-electron chi connectivity index (χ1n) is 10.5. The minimum Gasteiger partial charge on any atom is -0.507 e. The molecule has 2 aromatic rings. The van der Waals surface area contributed by atoms with Crippen LogP contribution in [-0.4, -0.2) is 57.8 Å². The van der Waals surface area contributed by atoms with Crippen molar-refractivity contribution in [3.63, 3.8) is 0 Å². The van der Waals surface area contributed by atoms with E-state index in [-0.39, 0.29) is 11.3 Å². The number of carbonyl (C=O) groups is 2. The van der Waals surface area contributed by atoms with Crippen LogP contribution in [0, 0.1) is 6.92 Å². The van der Waals surface area contributed by atoms with E-state index in [0.29, 0.717) is 17.8 Å². The first-order chi connectivity index (χ1) is 14.5. The number of Topliss-reactive ketones (excluding diaryl/α,β-unsaturated/α-hetero) is 1. The molecule has 1 aliphatic heterocycles. The lowest BCUT2D eigenvalue weighted by atomic mass is 9.98. The number of benzene rings is 1. The third kappa shape index (κ3) is 4.44. The van der Waals surface area contributed by atoms with Gasteiger partial charge in [0.05, 0.1) is 11.3 Å². The Morgan fingerprint density at radius 3 is 2.40 bits per heavy atom. The van der Waals surface area contributed by atoms with Gasteiger partial charge in [-0.2, -0.15) is 0 Å². The zero-order valence-corrected chi connectivity index (χ0v) is 17.8. The molecule has 0 radical (unpaired) electrons. The van der Waals surface area contributed by atoms with E-state index in [1.165, 1.54) is 0 Å². The van der Waals surface area contributed by atoms with Gasteiger partial charge >= 0.3 is 0 Å². The van der Waals surface area contributed by atoms with E-state index in [1.54, 1.807) is 35.4 Å². The molecule has 158 valence electrons. The van der Waals surface area contributed by atoms with E-state index in [4.69, 9.17) is 0 Å². The molecule has 6 nitrogen and oxygen atoms in total. The van der Waals surface area contributed by atoms with Crippen molar-refractivity contribution >= 4 is 17.4 Å². The van der Waals surface area contributed by atoms with Crippen LogP contribution >= 0.6 is 0 Å². The fraction of sp³-hybridized carbons (Fsp3) is 0.375. The summed E-state index contributed by atoms with van der Waals surface area (Å²) >= 11 is 0. The molecule has 6 heteroatoms. The number of hydrogen-bond acceptors (Lipinski definition) is 5. The zero-order valence-electron chi connectivity index (χ0n) is 17.8. The molecule has 1 saturated heterocycles. The molecule has 3 rings (SSSR count). The lowest BCUT2D eigenvalue weighted by Crippen LogP contribution is -2.33. The summed E-state index contributed by atoms with van der Waals surface area (Å²) in [5.41, 5.74) is 2.24. The highest BCUT2D eigenvalue weighted by Gasteiger charge is 2.46. The Balaban J connectivity index is 1.99. The standard InChI is InChI=1S/C24H29N3O3/c1-4-26(5-2)15-8-16-27-21(19-9-6-7-14-25-19)20(23(29)24(27)30)22(28)18-12-10-17(3)11-13-18/h6-7,9-14,21,28H,4-5,8,15-16H2,1-3H3/b22-20+/t21-/m0/s1. The molecule has 30 heavy (non-hydrogen) atoms. The monoisotopic (exact) mass is 407 g/mol. The summed E-state index contributed by atoms with van der Waals surface area (Å²) in [7, 11) is 0. The van der Waals surface area contributed by atoms with Gasteiger partial charge in [-0.05, 0) is 45.1 Å². The fourth-order valence-electron chi connectivity index (χ4n) is 3.83. The number of aliphatic hydroxyl groups excluding tert-OH is 1. The molecule has 0 aliphatic carbocycles. The topological polar surface area (TPSA) is 73.7 Å². The molecular formula is C24H29N3O3. The average Bonchev–Trinajstić information content (AvgIpc) is 3.02. The Morgan fingerprint density at radius 1 is 1.10 bits per heavy atom. The van der Waals surface area contributed by atoms with Crippen LogP contribution in [0.15, 0.2) is 54.2 Å². The van der Waals surface area contributed by atoms with Gasteiger partial charge in [-0.3, -0.25) is 14.6 Å². The van der Waals surface area contributed by atoms with Crippen LogP contribution in [0.2, 0.25) is 0 Å². The number of rotatable bonds is 8. The molecule has 2 heterocycles. The number of hydrogen-bond donors (Lipinski definition) is 1. The van der Waals surface area contributed by atoms with Crippen LogP contribution in [0.5, 0.6) is 0 Å². The second kappa shape index (κ2) is 9.67. The molecule has 1 aromatic carbocycles. The van der Waals surface area contributed by atoms with Crippen molar-refractivity contribution < 1.29 is 14.7 Å². The van der Waals surface area contributed by atoms with Crippen molar-refractivity contribution in [2.45, 2.75) is 33.2 Å². The number of amides is 1. The van der Waals surface area contributed by atoms with Crippen molar-refractivity contribution in [1.29, 1.82) is 0 Å². The van der Waals surface area contributed by atoms with Crippen LogP contribution in [0.25, 0.3) is 5.76 Å². The number of aromatic nitrogens is 1. The second-order valence-electron chi connectivity index (χ2n) is 7.49. The van der Waals surface area contributed by atoms with Gasteiger partial charge in [-0.1, -0.05) is 49.7 Å². The number of likely N-dealkylation sites (tertiary alicyclic amines) is 1. The molecule has 0 bridgehead atoms. The smallest absolute Gasteiger partial charge is 0.295 e. The van der Waals surface area contributed by atoms with Crippen molar-refractivity contribution in [1.82, 2.24) is 14.8 Å². The minimum absolute atomic E-state index is 0.102. The Hall–Kier alpha value is -2.99. The quantitative estimate of drug-likeness (QED) is 0.412. The number of ketones is 1. The summed E-state index contributed by atoms with van der Waals surface area (Å²) in [4.78, 5) is 34.1. The third-order valence-electron chi connectivity index (χ3n) is 5.60. The highest BCUT2D eigenvalue weighted by atomic mass is 16.3. The Labute approximate surface area is 177 Å². The maximum atomic E-state index is 12.9. The summed E-state index contributed by atoms with van der Waals surface area (Å²) in [5, 5.41) is 11.0. The number of carbonyl (C=O) groups excluding carboxylic acids is 2. The van der Waals surface area contributed by atoms with E-state index < -0.39 is 17.7 Å². The lowest BCUT2D eigenvalue weighted by molar-refractivity contribution is -0.140. The van der Waals surface area contributed by atoms with Crippen molar-refractivity contribution in [3.05, 3.63) is 71.1 Å². The molecule has 1 aliphatic rings. The van der Waals surface area contributed by atoms with E-state index in [9.17, 15) is 14.7 Å². The number of pyridine rings is 1. The van der Waals surface area contributed by atoms with Gasteiger partial charge in [0, 0.05) is 18.3 Å². The van der Waals surface area contributed by atoms with Crippen molar-refractivity contribution in [3.8, 4) is 0 Å². The van der Waals surface area contributed by atoms with Crippen LogP contribution in [0.4, 0.5) is 0 Å². The van der Waals surface area contributed by atoms with Gasteiger partial charge in [0.2, 0.25) is 0 Å². The third-order valence-corrected chi connectivity index (χ3v) is 5.60. The molecule has 0 saturated carbocycles. The lowest BCUT2D eigenvalue weighted by Gasteiger charge is -2.26. The maximum absolute atomic E-state index is 12.9. The molecule has 1 fully saturated rings. The number of aliphatic hydroxyl groups is 1. The normalized spacial score (nSPS) is 18.4. The Kier molecular flexibility index (Phi) is 7.00. The predicted molar refractivity (Wildman–Crippen MR) is 117 cm³/mol. The minimum atomic E-state index is -0.691. The van der Waals surface area contributed by atoms with E-state index in [2.05, 4.69) is 23.7 Å². The molecule has 1 amide bonds. The summed E-state index contributed by atoms with van der Waals surface area (Å²) < 4.78 is 0. The Morgan fingerprint density at radius 2 is 1.80 bits per heavy atom. The molecule has 0 unspecified atom stereocenters. The van der Waals surface area contributed by atoms with E-state index in [1.807, 2.05) is 25.1 Å². The largest absolute Gasteiger partial charge is 0.507 e. The SMILES string of the molecule is CCN(CC)CCCN1C(=O)C(=O)/C(=C(/O)c2ccc(C)cc2)[C@@H]1c1ccccn1. The number of aryl methyl sites for hydroxylation is 1. The van der Waals surface area contributed by atoms with E-state index >= 15 is 0 Å². The average molecular weight is 408 g/mol. The second-order valence-corrected chi connectivity index (χ2v) is 7.49. The summed E-state index contributed by atoms with van der Waals surface area (Å²) in [6.45, 7) is 9.29. The van der Waals surface area contributed by atoms with Crippen LogP contribution < -0.4 is 0 Å². The van der Waals surface area contributed by atoms with Crippen molar-refractivity contribution in [2.24, 2.45) is 0 Å². The summed E-state index contributed by atoms with van der Waals surface area (Å²) in [5.74, 6) is -1.40. The first-order valence-corrected chi connectivity index (χ1v) is 10.5. The maximum Gasteiger partial charge on any atom is 0.295 e. The summed E-state index contributed by atoms with van der Waals surface area (Å²) in [6.07, 6.45) is 2.37. The van der Waals surface area contributed by atoms with Crippen molar-refractivity contribution in [2.75, 3.05) is 26.2 Å². The molecule has 0 spiro atoms. The van der Waals surface area contributed by atoms with Gasteiger partial charge < -0.3 is 14.9 Å². The molecular weight excluding hydrogens is 378 g/mol. The highest BCUT2D eigenvalue weighted by molar-refractivity contribution is 6.46. The molecule has 1 aromatic heterocycles. The fourth-order valence-corrected chi connectivity index (χ4v) is 3.83. The van der Waals surface area contributed by atoms with Gasteiger partial charge in [0.15, 0.2) is 0 Å². The first kappa shape index (κ1) is 21.7. The molecule has 1 atom stereocenters. The highest BCUT2D eigenvalue weighted by Crippen LogP contribution is 2.38. The van der Waals surface area contributed by atoms with Crippen LogP contribution in [0.3, 0.4) is 0 Å². The van der Waals surface area contributed by atoms with Gasteiger partial charge in [-0.15, -0.1) is 0 Å². The van der Waals surface area contributed by atoms with E-state index in [0.717, 1.165) is 31.6 Å². The van der Waals surface area contributed by atoms with Gasteiger partial charge in [-0.25, -0.2) is 0 Å². The van der Waals surface area contributed by atoms with Crippen LogP contribution in [0.1, 0.15) is 43.1 Å². The molecule has 1 N–H and O–H groups in total. The van der Waals surface area contributed by atoms with Gasteiger partial charge in [0.25, 0.3) is 11.7 Å². The van der Waals surface area contributed by atoms with Gasteiger partial charge in [0.1, 0.15) is 11.8 Å². The zero-order chi connectivity index (χ0) is 21.7. The Bertz CT molecular complexity index is 918. The summed E-state index contributed by atoms with van der Waals surface area (Å²) in [6, 6.07) is 12.0. The van der Waals surface area contributed by atoms with Crippen LogP contribution in [-0.2, 0) is 9.59 Å².